The quantitative estimate of drug-likeness (QED) is 0.776. The van der Waals surface area contributed by atoms with Gasteiger partial charge in [0.1, 0.15) is 6.54 Å². The molecular weight excluding hydrogens is 183 g/mol. The highest BCUT2D eigenvalue weighted by molar-refractivity contribution is 4.97. The SMILES string of the molecule is NCCc1cn(CC(F)(F)F)cn1. The van der Waals surface area contributed by atoms with E-state index in [0.717, 1.165) is 4.57 Å². The summed E-state index contributed by atoms with van der Waals surface area (Å²) in [5, 5.41) is 0. The highest BCUT2D eigenvalue weighted by atomic mass is 19.4. The van der Waals surface area contributed by atoms with Crippen molar-refractivity contribution in [1.29, 1.82) is 0 Å². The molecule has 1 aromatic heterocycles. The largest absolute Gasteiger partial charge is 0.406 e. The molecule has 74 valence electrons. The van der Waals surface area contributed by atoms with Gasteiger partial charge >= 0.3 is 6.18 Å². The van der Waals surface area contributed by atoms with Gasteiger partial charge in [-0.3, -0.25) is 0 Å². The van der Waals surface area contributed by atoms with E-state index in [1.165, 1.54) is 12.5 Å². The van der Waals surface area contributed by atoms with Gasteiger partial charge in [0.2, 0.25) is 0 Å². The van der Waals surface area contributed by atoms with Crippen LogP contribution in [0.5, 0.6) is 0 Å². The van der Waals surface area contributed by atoms with E-state index in [0.29, 0.717) is 18.7 Å². The second-order valence-corrected chi connectivity index (χ2v) is 2.69. The maximum absolute atomic E-state index is 11.9. The second kappa shape index (κ2) is 3.78. The summed E-state index contributed by atoms with van der Waals surface area (Å²) in [4.78, 5) is 3.77. The first-order valence-corrected chi connectivity index (χ1v) is 3.79. The van der Waals surface area contributed by atoms with E-state index in [1.54, 1.807) is 0 Å². The molecule has 0 aliphatic rings. The van der Waals surface area contributed by atoms with Gasteiger partial charge in [0.05, 0.1) is 12.0 Å². The van der Waals surface area contributed by atoms with Crippen molar-refractivity contribution in [3.8, 4) is 0 Å². The third kappa shape index (κ3) is 3.45. The molecule has 0 aliphatic carbocycles. The molecule has 0 saturated heterocycles. The van der Waals surface area contributed by atoms with E-state index in [-0.39, 0.29) is 0 Å². The summed E-state index contributed by atoms with van der Waals surface area (Å²) < 4.78 is 36.6. The Balaban J connectivity index is 2.59. The molecule has 0 fully saturated rings. The summed E-state index contributed by atoms with van der Waals surface area (Å²) in [6.45, 7) is -0.604. The summed E-state index contributed by atoms with van der Waals surface area (Å²) in [5.74, 6) is 0. The first kappa shape index (κ1) is 10.0. The van der Waals surface area contributed by atoms with Gasteiger partial charge in [-0.2, -0.15) is 13.2 Å². The number of nitrogens with zero attached hydrogens (tertiary/aromatic N) is 2. The lowest BCUT2D eigenvalue weighted by molar-refractivity contribution is -0.140. The summed E-state index contributed by atoms with van der Waals surface area (Å²) in [5.41, 5.74) is 5.82. The average molecular weight is 193 g/mol. The van der Waals surface area contributed by atoms with Crippen molar-refractivity contribution in [2.75, 3.05) is 6.54 Å². The van der Waals surface area contributed by atoms with Crippen LogP contribution in [0.25, 0.3) is 0 Å². The molecule has 1 aromatic rings. The van der Waals surface area contributed by atoms with Gasteiger partial charge in [0, 0.05) is 12.6 Å². The Hall–Kier alpha value is -1.04. The van der Waals surface area contributed by atoms with Gasteiger partial charge in [-0.1, -0.05) is 0 Å². The predicted octanol–water partition coefficient (Wildman–Crippen LogP) is 0.947. The van der Waals surface area contributed by atoms with Crippen LogP contribution >= 0.6 is 0 Å². The molecule has 0 radical (unpaired) electrons. The zero-order chi connectivity index (χ0) is 9.90. The molecule has 0 bridgehead atoms. The Morgan fingerprint density at radius 2 is 2.15 bits per heavy atom. The first-order valence-electron chi connectivity index (χ1n) is 3.79. The maximum Gasteiger partial charge on any atom is 0.406 e. The molecule has 0 spiro atoms. The smallest absolute Gasteiger partial charge is 0.330 e. The van der Waals surface area contributed by atoms with Crippen LogP contribution < -0.4 is 5.73 Å². The number of nitrogens with two attached hydrogens (primary N) is 1. The summed E-state index contributed by atoms with van der Waals surface area (Å²) >= 11 is 0. The lowest BCUT2D eigenvalue weighted by atomic mass is 10.3. The van der Waals surface area contributed by atoms with Gasteiger partial charge in [-0.05, 0) is 6.54 Å². The summed E-state index contributed by atoms with van der Waals surface area (Å²) in [6, 6.07) is 0. The van der Waals surface area contributed by atoms with Crippen molar-refractivity contribution >= 4 is 0 Å². The standard InChI is InChI=1S/C7H10F3N3/c8-7(9,10)4-13-3-6(1-2-11)12-5-13/h3,5H,1-2,4,11H2. The number of imidazole rings is 1. The van der Waals surface area contributed by atoms with Crippen LogP contribution in [0.2, 0.25) is 0 Å². The molecule has 0 saturated carbocycles. The monoisotopic (exact) mass is 193 g/mol. The zero-order valence-corrected chi connectivity index (χ0v) is 6.88. The molecule has 0 aliphatic heterocycles. The highest BCUT2D eigenvalue weighted by Gasteiger charge is 2.27. The minimum atomic E-state index is -4.19. The number of hydrogen-bond donors (Lipinski definition) is 1. The van der Waals surface area contributed by atoms with Crippen molar-refractivity contribution in [3.05, 3.63) is 18.2 Å². The zero-order valence-electron chi connectivity index (χ0n) is 6.88. The van der Waals surface area contributed by atoms with E-state index < -0.39 is 12.7 Å². The lowest BCUT2D eigenvalue weighted by Gasteiger charge is -2.05. The minimum Gasteiger partial charge on any atom is -0.330 e. The highest BCUT2D eigenvalue weighted by Crippen LogP contribution is 2.17. The lowest BCUT2D eigenvalue weighted by Crippen LogP contribution is -2.16. The number of alkyl halides is 3. The molecule has 3 nitrogen and oxygen atoms in total. The molecular formula is C7H10F3N3. The van der Waals surface area contributed by atoms with Crippen molar-refractivity contribution in [2.24, 2.45) is 5.73 Å². The third-order valence-corrected chi connectivity index (χ3v) is 1.45. The van der Waals surface area contributed by atoms with Gasteiger partial charge in [-0.15, -0.1) is 0 Å². The van der Waals surface area contributed by atoms with Crippen LogP contribution in [0, 0.1) is 0 Å². The van der Waals surface area contributed by atoms with Crippen LogP contribution in [-0.2, 0) is 13.0 Å². The van der Waals surface area contributed by atoms with Crippen LogP contribution in [0.3, 0.4) is 0 Å². The summed E-state index contributed by atoms with van der Waals surface area (Å²) in [6.07, 6.45) is -1.16. The van der Waals surface area contributed by atoms with Crippen molar-refractivity contribution < 1.29 is 13.2 Å². The molecule has 0 aromatic carbocycles. The molecule has 0 unspecified atom stereocenters. The van der Waals surface area contributed by atoms with Crippen LogP contribution in [0.4, 0.5) is 13.2 Å². The van der Waals surface area contributed by atoms with Crippen LogP contribution in [-0.4, -0.2) is 22.3 Å². The first-order chi connectivity index (χ1) is 6.01. The maximum atomic E-state index is 11.9. The van der Waals surface area contributed by atoms with E-state index >= 15 is 0 Å². The molecule has 0 atom stereocenters. The number of hydrogen-bond acceptors (Lipinski definition) is 2. The Kier molecular flexibility index (Phi) is 2.92. The molecule has 1 rings (SSSR count). The molecule has 6 heteroatoms. The van der Waals surface area contributed by atoms with E-state index in [1.807, 2.05) is 0 Å². The topological polar surface area (TPSA) is 43.8 Å². The van der Waals surface area contributed by atoms with E-state index in [9.17, 15) is 13.2 Å². The van der Waals surface area contributed by atoms with Crippen LogP contribution in [0.1, 0.15) is 5.69 Å². The fraction of sp³-hybridized carbons (Fsp3) is 0.571. The van der Waals surface area contributed by atoms with Crippen molar-refractivity contribution in [2.45, 2.75) is 19.1 Å². The van der Waals surface area contributed by atoms with Gasteiger partial charge < -0.3 is 10.3 Å². The summed E-state index contributed by atoms with van der Waals surface area (Å²) in [7, 11) is 0. The fourth-order valence-corrected chi connectivity index (χ4v) is 0.977. The van der Waals surface area contributed by atoms with E-state index in [2.05, 4.69) is 4.98 Å². The minimum absolute atomic E-state index is 0.392. The van der Waals surface area contributed by atoms with Gasteiger partial charge in [0.15, 0.2) is 0 Å². The van der Waals surface area contributed by atoms with Gasteiger partial charge in [0.25, 0.3) is 0 Å². The van der Waals surface area contributed by atoms with E-state index in [4.69, 9.17) is 5.73 Å². The molecule has 2 N–H and O–H groups in total. The Morgan fingerprint density at radius 1 is 1.46 bits per heavy atom. The van der Waals surface area contributed by atoms with Crippen molar-refractivity contribution in [1.82, 2.24) is 9.55 Å². The normalized spacial score (nSPS) is 12.0. The Morgan fingerprint density at radius 3 is 2.69 bits per heavy atom. The average Bonchev–Trinajstić information content (AvgIpc) is 2.33. The molecule has 0 amide bonds. The predicted molar refractivity (Wildman–Crippen MR) is 41.0 cm³/mol. The molecule has 1 heterocycles. The number of rotatable bonds is 3. The second-order valence-electron chi connectivity index (χ2n) is 2.69. The Labute approximate surface area is 73.4 Å². The van der Waals surface area contributed by atoms with Crippen molar-refractivity contribution in [3.63, 3.8) is 0 Å². The number of halogens is 3. The van der Waals surface area contributed by atoms with Gasteiger partial charge in [-0.25, -0.2) is 4.98 Å². The van der Waals surface area contributed by atoms with Crippen LogP contribution in [0.15, 0.2) is 12.5 Å². The number of aromatic nitrogens is 2. The molecule has 13 heavy (non-hydrogen) atoms. The fourth-order valence-electron chi connectivity index (χ4n) is 0.977. The Bertz CT molecular complexity index is 266. The third-order valence-electron chi connectivity index (χ3n) is 1.45.